The molecule has 1 aromatic rings. The summed E-state index contributed by atoms with van der Waals surface area (Å²) in [5.41, 5.74) is 0.463. The highest BCUT2D eigenvalue weighted by molar-refractivity contribution is 6.32. The molecule has 1 aromatic heterocycles. The van der Waals surface area contributed by atoms with Crippen molar-refractivity contribution in [2.75, 3.05) is 6.61 Å². The maximum atomic E-state index is 11.1. The second-order valence-corrected chi connectivity index (χ2v) is 2.99. The highest BCUT2D eigenvalue weighted by atomic mass is 35.5. The van der Waals surface area contributed by atoms with Gasteiger partial charge in [0.25, 0.3) is 0 Å². The molecule has 0 atom stereocenters. The van der Waals surface area contributed by atoms with Gasteiger partial charge in [0.15, 0.2) is 5.75 Å². The Labute approximate surface area is 86.5 Å². The first kappa shape index (κ1) is 10.8. The number of esters is 1. The van der Waals surface area contributed by atoms with Gasteiger partial charge in [-0.05, 0) is 6.92 Å². The van der Waals surface area contributed by atoms with Gasteiger partial charge in [0, 0.05) is 11.8 Å². The minimum Gasteiger partial charge on any atom is -0.505 e. The molecule has 0 bridgehead atoms. The van der Waals surface area contributed by atoms with E-state index >= 15 is 0 Å². The van der Waals surface area contributed by atoms with E-state index in [2.05, 4.69) is 4.98 Å². The van der Waals surface area contributed by atoms with Crippen molar-refractivity contribution in [1.29, 1.82) is 0 Å². The number of aromatic hydroxyl groups is 1. The van der Waals surface area contributed by atoms with Crippen LogP contribution in [0.25, 0.3) is 0 Å². The van der Waals surface area contributed by atoms with Crippen molar-refractivity contribution < 1.29 is 14.6 Å². The van der Waals surface area contributed by atoms with Gasteiger partial charge in [0.1, 0.15) is 0 Å². The molecule has 1 rings (SSSR count). The average molecular weight is 216 g/mol. The van der Waals surface area contributed by atoms with Gasteiger partial charge in [-0.2, -0.15) is 0 Å². The van der Waals surface area contributed by atoms with Crippen LogP contribution in [0, 0.1) is 0 Å². The van der Waals surface area contributed by atoms with Crippen LogP contribution in [-0.2, 0) is 16.0 Å². The molecule has 0 saturated heterocycles. The number of hydrogen-bond acceptors (Lipinski definition) is 4. The fourth-order valence-electron chi connectivity index (χ4n) is 0.966. The van der Waals surface area contributed by atoms with Crippen molar-refractivity contribution in [3.05, 3.63) is 23.0 Å². The third-order valence-corrected chi connectivity index (χ3v) is 2.01. The van der Waals surface area contributed by atoms with Gasteiger partial charge in [-0.15, -0.1) is 0 Å². The largest absolute Gasteiger partial charge is 0.505 e. The Bertz CT molecular complexity index is 341. The molecular weight excluding hydrogens is 206 g/mol. The zero-order valence-corrected chi connectivity index (χ0v) is 8.41. The molecule has 0 saturated carbocycles. The summed E-state index contributed by atoms with van der Waals surface area (Å²) < 4.78 is 4.73. The van der Waals surface area contributed by atoms with Crippen LogP contribution < -0.4 is 0 Å². The molecule has 0 spiro atoms. The van der Waals surface area contributed by atoms with Crippen LogP contribution in [0.3, 0.4) is 0 Å². The molecule has 0 aliphatic heterocycles. The van der Waals surface area contributed by atoms with Gasteiger partial charge in [-0.1, -0.05) is 11.6 Å². The minimum atomic E-state index is -0.387. The first-order valence-corrected chi connectivity index (χ1v) is 4.50. The average Bonchev–Trinajstić information content (AvgIpc) is 2.13. The summed E-state index contributed by atoms with van der Waals surface area (Å²) in [6.07, 6.45) is 2.67. The molecule has 14 heavy (non-hydrogen) atoms. The van der Waals surface area contributed by atoms with Crippen molar-refractivity contribution >= 4 is 17.6 Å². The first-order chi connectivity index (χ1) is 6.65. The fraction of sp³-hybridized carbons (Fsp3) is 0.333. The van der Waals surface area contributed by atoms with E-state index in [-0.39, 0.29) is 23.2 Å². The molecule has 0 radical (unpaired) electrons. The molecule has 0 fully saturated rings. The van der Waals surface area contributed by atoms with E-state index in [9.17, 15) is 9.90 Å². The molecule has 1 N–H and O–H groups in total. The maximum absolute atomic E-state index is 11.1. The molecule has 0 amide bonds. The molecule has 0 aliphatic carbocycles. The van der Waals surface area contributed by atoms with Gasteiger partial charge in [0.2, 0.25) is 0 Å². The summed E-state index contributed by atoms with van der Waals surface area (Å²) in [4.78, 5) is 14.8. The number of halogens is 1. The lowest BCUT2D eigenvalue weighted by atomic mass is 10.2. The summed E-state index contributed by atoms with van der Waals surface area (Å²) in [5.74, 6) is -0.518. The highest BCUT2D eigenvalue weighted by Crippen LogP contribution is 2.25. The van der Waals surface area contributed by atoms with Crippen LogP contribution >= 0.6 is 11.6 Å². The number of aromatic nitrogens is 1. The summed E-state index contributed by atoms with van der Waals surface area (Å²) >= 11 is 5.74. The summed E-state index contributed by atoms with van der Waals surface area (Å²) in [5, 5.41) is 9.34. The lowest BCUT2D eigenvalue weighted by Gasteiger charge is -2.04. The van der Waals surface area contributed by atoms with Crippen LogP contribution in [0.5, 0.6) is 5.75 Å². The van der Waals surface area contributed by atoms with E-state index in [0.717, 1.165) is 0 Å². The standard InChI is InChI=1S/C9H10ClNO3/c1-2-14-8(13)3-6-4-11-5-7(12)9(6)10/h4-5,12H,2-3H2,1H3. The van der Waals surface area contributed by atoms with E-state index in [1.165, 1.54) is 12.4 Å². The number of hydrogen-bond donors (Lipinski definition) is 1. The van der Waals surface area contributed by atoms with Crippen LogP contribution in [0.2, 0.25) is 5.02 Å². The van der Waals surface area contributed by atoms with Crippen LogP contribution in [0.15, 0.2) is 12.4 Å². The maximum Gasteiger partial charge on any atom is 0.310 e. The van der Waals surface area contributed by atoms with Crippen molar-refractivity contribution in [2.45, 2.75) is 13.3 Å². The van der Waals surface area contributed by atoms with Crippen molar-refractivity contribution in [3.63, 3.8) is 0 Å². The number of carbonyl (C=O) groups is 1. The van der Waals surface area contributed by atoms with Gasteiger partial charge < -0.3 is 9.84 Å². The van der Waals surface area contributed by atoms with E-state index in [1.54, 1.807) is 6.92 Å². The van der Waals surface area contributed by atoms with Gasteiger partial charge in [-0.3, -0.25) is 9.78 Å². The summed E-state index contributed by atoms with van der Waals surface area (Å²) in [6, 6.07) is 0. The Balaban J connectivity index is 2.76. The lowest BCUT2D eigenvalue weighted by Crippen LogP contribution is -2.08. The SMILES string of the molecule is CCOC(=O)Cc1cncc(O)c1Cl. The van der Waals surface area contributed by atoms with Crippen molar-refractivity contribution in [1.82, 2.24) is 4.98 Å². The van der Waals surface area contributed by atoms with E-state index in [0.29, 0.717) is 12.2 Å². The normalized spacial score (nSPS) is 9.86. The molecule has 1 heterocycles. The van der Waals surface area contributed by atoms with Gasteiger partial charge in [-0.25, -0.2) is 0 Å². The molecule has 76 valence electrons. The second kappa shape index (κ2) is 4.81. The Morgan fingerprint density at radius 2 is 2.36 bits per heavy atom. The minimum absolute atomic E-state index is 0.0219. The van der Waals surface area contributed by atoms with Crippen LogP contribution in [0.4, 0.5) is 0 Å². The monoisotopic (exact) mass is 215 g/mol. The molecule has 0 aromatic carbocycles. The van der Waals surface area contributed by atoms with Crippen molar-refractivity contribution in [2.24, 2.45) is 0 Å². The van der Waals surface area contributed by atoms with Crippen LogP contribution in [0.1, 0.15) is 12.5 Å². The molecule has 0 unspecified atom stereocenters. The predicted molar refractivity (Wildman–Crippen MR) is 51.2 cm³/mol. The zero-order chi connectivity index (χ0) is 10.6. The topological polar surface area (TPSA) is 59.4 Å². The van der Waals surface area contributed by atoms with E-state index in [4.69, 9.17) is 16.3 Å². The highest BCUT2D eigenvalue weighted by Gasteiger charge is 2.10. The van der Waals surface area contributed by atoms with Gasteiger partial charge >= 0.3 is 5.97 Å². The first-order valence-electron chi connectivity index (χ1n) is 4.12. The Morgan fingerprint density at radius 1 is 1.64 bits per heavy atom. The second-order valence-electron chi connectivity index (χ2n) is 2.61. The number of ether oxygens (including phenoxy) is 1. The quantitative estimate of drug-likeness (QED) is 0.778. The number of pyridine rings is 1. The summed E-state index contributed by atoms with van der Waals surface area (Å²) in [7, 11) is 0. The third-order valence-electron chi connectivity index (χ3n) is 1.57. The number of nitrogens with zero attached hydrogens (tertiary/aromatic N) is 1. The Kier molecular flexibility index (Phi) is 3.71. The van der Waals surface area contributed by atoms with E-state index < -0.39 is 0 Å². The number of carbonyl (C=O) groups excluding carboxylic acids is 1. The van der Waals surface area contributed by atoms with Gasteiger partial charge in [0.05, 0.1) is 24.2 Å². The Hall–Kier alpha value is -1.29. The third kappa shape index (κ3) is 2.60. The zero-order valence-electron chi connectivity index (χ0n) is 7.66. The predicted octanol–water partition coefficient (Wildman–Crippen LogP) is 1.55. The molecule has 5 heteroatoms. The molecule has 0 aliphatic rings. The molecular formula is C9H10ClNO3. The number of rotatable bonds is 3. The van der Waals surface area contributed by atoms with Crippen molar-refractivity contribution in [3.8, 4) is 5.75 Å². The lowest BCUT2D eigenvalue weighted by molar-refractivity contribution is -0.142. The Morgan fingerprint density at radius 3 is 3.00 bits per heavy atom. The molecule has 4 nitrogen and oxygen atoms in total. The van der Waals surface area contributed by atoms with E-state index in [1.807, 2.05) is 0 Å². The smallest absolute Gasteiger partial charge is 0.310 e. The fourth-order valence-corrected chi connectivity index (χ4v) is 1.13. The van der Waals surface area contributed by atoms with Crippen LogP contribution in [-0.4, -0.2) is 22.7 Å². The summed E-state index contributed by atoms with van der Waals surface area (Å²) in [6.45, 7) is 2.04.